The van der Waals surface area contributed by atoms with Gasteiger partial charge < -0.3 is 14.9 Å². The molecule has 0 spiro atoms. The maximum Gasteiger partial charge on any atom is 0.332 e. The highest BCUT2D eigenvalue weighted by Gasteiger charge is 2.34. The van der Waals surface area contributed by atoms with Gasteiger partial charge in [-0.3, -0.25) is 10.2 Å². The number of hydrazine groups is 1. The molecule has 1 aliphatic heterocycles. The summed E-state index contributed by atoms with van der Waals surface area (Å²) >= 11 is 0. The highest BCUT2D eigenvalue weighted by Crippen LogP contribution is 2.26. The molecule has 2 rings (SSSR count). The predicted octanol–water partition coefficient (Wildman–Crippen LogP) is -0.593. The van der Waals surface area contributed by atoms with Crippen LogP contribution >= 0.6 is 0 Å². The van der Waals surface area contributed by atoms with Crippen LogP contribution in [0, 0.1) is 0 Å². The molecule has 0 aromatic carbocycles. The van der Waals surface area contributed by atoms with Gasteiger partial charge in [-0.05, 0) is 19.9 Å². The Morgan fingerprint density at radius 2 is 1.89 bits per heavy atom. The van der Waals surface area contributed by atoms with Crippen molar-refractivity contribution in [3.63, 3.8) is 0 Å². The largest absolute Gasteiger partial charge is 0.480 e. The molecular formula is C11H20N4O3. The normalized spacial score (nSPS) is 21.6. The zero-order chi connectivity index (χ0) is 13.1. The van der Waals surface area contributed by atoms with E-state index >= 15 is 0 Å². The van der Waals surface area contributed by atoms with Crippen LogP contribution in [-0.4, -0.2) is 77.7 Å². The van der Waals surface area contributed by atoms with Gasteiger partial charge in [-0.25, -0.2) is 9.80 Å². The summed E-state index contributed by atoms with van der Waals surface area (Å²) in [7, 11) is 2.04. The van der Waals surface area contributed by atoms with Crippen molar-refractivity contribution < 1.29 is 14.7 Å². The molecule has 1 saturated heterocycles. The predicted molar refractivity (Wildman–Crippen MR) is 65.0 cm³/mol. The number of likely N-dealkylation sites (N-methyl/N-ethyl adjacent to an activating group) is 1. The summed E-state index contributed by atoms with van der Waals surface area (Å²) in [4.78, 5) is 26.4. The molecule has 1 heterocycles. The number of carbonyl (C=O) groups excluding carboxylic acids is 1. The smallest absolute Gasteiger partial charge is 0.332 e. The van der Waals surface area contributed by atoms with Gasteiger partial charge in [0.15, 0.2) is 0 Å². The van der Waals surface area contributed by atoms with Crippen LogP contribution in [0.1, 0.15) is 12.8 Å². The number of hydrogen-bond donors (Lipinski definition) is 2. The van der Waals surface area contributed by atoms with Crippen molar-refractivity contribution in [3.8, 4) is 0 Å². The summed E-state index contributed by atoms with van der Waals surface area (Å²) < 4.78 is 0. The average molecular weight is 256 g/mol. The summed E-state index contributed by atoms with van der Waals surface area (Å²) in [5.41, 5.74) is 2.80. The van der Waals surface area contributed by atoms with E-state index in [0.29, 0.717) is 0 Å². The van der Waals surface area contributed by atoms with Crippen molar-refractivity contribution in [3.05, 3.63) is 0 Å². The SMILES string of the molecule is CN1CCN(NC(=O)N(CC(=O)O)C2CC2)CC1. The summed E-state index contributed by atoms with van der Waals surface area (Å²) in [6.45, 7) is 3.14. The van der Waals surface area contributed by atoms with E-state index < -0.39 is 5.97 Å². The number of hydrogen-bond acceptors (Lipinski definition) is 4. The topological polar surface area (TPSA) is 76.1 Å². The van der Waals surface area contributed by atoms with Gasteiger partial charge in [0, 0.05) is 32.2 Å². The fourth-order valence-corrected chi connectivity index (χ4v) is 2.02. The number of urea groups is 1. The number of amides is 2. The molecule has 2 fully saturated rings. The van der Waals surface area contributed by atoms with E-state index in [1.807, 2.05) is 12.1 Å². The first-order valence-corrected chi connectivity index (χ1v) is 6.29. The number of piperazine rings is 1. The second-order valence-corrected chi connectivity index (χ2v) is 4.96. The third kappa shape index (κ3) is 3.58. The van der Waals surface area contributed by atoms with E-state index in [4.69, 9.17) is 5.11 Å². The van der Waals surface area contributed by atoms with E-state index in [-0.39, 0.29) is 18.6 Å². The van der Waals surface area contributed by atoms with E-state index in [1.54, 1.807) is 0 Å². The van der Waals surface area contributed by atoms with Crippen LogP contribution < -0.4 is 5.43 Å². The van der Waals surface area contributed by atoms with Crippen LogP contribution in [-0.2, 0) is 4.79 Å². The van der Waals surface area contributed by atoms with Gasteiger partial charge in [-0.2, -0.15) is 0 Å². The number of nitrogens with one attached hydrogen (secondary N) is 1. The molecule has 2 aliphatic rings. The van der Waals surface area contributed by atoms with E-state index in [1.165, 1.54) is 4.90 Å². The Morgan fingerprint density at radius 1 is 1.28 bits per heavy atom. The molecule has 18 heavy (non-hydrogen) atoms. The molecule has 0 bridgehead atoms. The molecular weight excluding hydrogens is 236 g/mol. The molecule has 1 aliphatic carbocycles. The van der Waals surface area contributed by atoms with E-state index in [0.717, 1.165) is 39.0 Å². The Kier molecular flexibility index (Phi) is 4.03. The lowest BCUT2D eigenvalue weighted by Gasteiger charge is -2.34. The van der Waals surface area contributed by atoms with Crippen LogP contribution in [0.4, 0.5) is 4.79 Å². The van der Waals surface area contributed by atoms with Crippen LogP contribution in [0.25, 0.3) is 0 Å². The molecule has 2 amide bonds. The Hall–Kier alpha value is -1.34. The summed E-state index contributed by atoms with van der Waals surface area (Å²) in [5.74, 6) is -0.963. The third-order valence-corrected chi connectivity index (χ3v) is 3.31. The average Bonchev–Trinajstić information content (AvgIpc) is 3.12. The summed E-state index contributed by atoms with van der Waals surface area (Å²) in [6.07, 6.45) is 1.81. The standard InChI is InChI=1S/C11H20N4O3/c1-13-4-6-14(7-5-13)12-11(18)15(8-10(16)17)9-2-3-9/h9H,2-8H2,1H3,(H,12,18)(H,16,17). The van der Waals surface area contributed by atoms with Crippen molar-refractivity contribution in [1.82, 2.24) is 20.2 Å². The van der Waals surface area contributed by atoms with Crippen molar-refractivity contribution in [1.29, 1.82) is 0 Å². The summed E-state index contributed by atoms with van der Waals surface area (Å²) in [6, 6.07) is -0.182. The molecule has 102 valence electrons. The Labute approximate surface area is 106 Å². The molecule has 7 heteroatoms. The minimum atomic E-state index is -0.963. The van der Waals surface area contributed by atoms with Crippen LogP contribution in [0.3, 0.4) is 0 Å². The lowest BCUT2D eigenvalue weighted by atomic mass is 10.4. The van der Waals surface area contributed by atoms with Gasteiger partial charge >= 0.3 is 12.0 Å². The van der Waals surface area contributed by atoms with Gasteiger partial charge in [0.05, 0.1) is 0 Å². The Balaban J connectivity index is 1.83. The van der Waals surface area contributed by atoms with Gasteiger partial charge in [-0.15, -0.1) is 0 Å². The first kappa shape index (κ1) is 13.1. The number of rotatable bonds is 4. The summed E-state index contributed by atoms with van der Waals surface area (Å²) in [5, 5.41) is 10.7. The molecule has 0 aromatic rings. The number of carboxylic acids is 1. The second-order valence-electron chi connectivity index (χ2n) is 4.96. The van der Waals surface area contributed by atoms with Crippen LogP contribution in [0.2, 0.25) is 0 Å². The van der Waals surface area contributed by atoms with Crippen molar-refractivity contribution in [2.45, 2.75) is 18.9 Å². The molecule has 1 saturated carbocycles. The third-order valence-electron chi connectivity index (χ3n) is 3.31. The number of carbonyl (C=O) groups is 2. The van der Waals surface area contributed by atoms with Gasteiger partial charge in [0.25, 0.3) is 0 Å². The van der Waals surface area contributed by atoms with E-state index in [9.17, 15) is 9.59 Å². The van der Waals surface area contributed by atoms with Crippen LogP contribution in [0.5, 0.6) is 0 Å². The zero-order valence-electron chi connectivity index (χ0n) is 10.6. The molecule has 0 unspecified atom stereocenters. The monoisotopic (exact) mass is 256 g/mol. The van der Waals surface area contributed by atoms with E-state index in [2.05, 4.69) is 10.3 Å². The fraction of sp³-hybridized carbons (Fsp3) is 0.818. The molecule has 7 nitrogen and oxygen atoms in total. The van der Waals surface area contributed by atoms with Crippen molar-refractivity contribution in [2.24, 2.45) is 0 Å². The lowest BCUT2D eigenvalue weighted by molar-refractivity contribution is -0.137. The number of aliphatic carboxylic acids is 1. The molecule has 2 N–H and O–H groups in total. The minimum Gasteiger partial charge on any atom is -0.480 e. The highest BCUT2D eigenvalue weighted by molar-refractivity contribution is 5.80. The quantitative estimate of drug-likeness (QED) is 0.703. The molecule has 0 atom stereocenters. The minimum absolute atomic E-state index is 0.105. The Bertz CT molecular complexity index is 324. The molecule has 0 aromatic heterocycles. The van der Waals surface area contributed by atoms with Crippen molar-refractivity contribution in [2.75, 3.05) is 39.8 Å². The fourth-order valence-electron chi connectivity index (χ4n) is 2.02. The van der Waals surface area contributed by atoms with Crippen LogP contribution in [0.15, 0.2) is 0 Å². The van der Waals surface area contributed by atoms with Crippen molar-refractivity contribution >= 4 is 12.0 Å². The second kappa shape index (κ2) is 5.53. The first-order chi connectivity index (χ1) is 8.56. The maximum absolute atomic E-state index is 12.0. The maximum atomic E-state index is 12.0. The number of carboxylic acid groups (broad SMARTS) is 1. The first-order valence-electron chi connectivity index (χ1n) is 6.29. The zero-order valence-corrected chi connectivity index (χ0v) is 10.6. The van der Waals surface area contributed by atoms with Gasteiger partial charge in [-0.1, -0.05) is 0 Å². The Morgan fingerprint density at radius 3 is 2.39 bits per heavy atom. The molecule has 0 radical (unpaired) electrons. The lowest BCUT2D eigenvalue weighted by Crippen LogP contribution is -2.56. The number of nitrogens with zero attached hydrogens (tertiary/aromatic N) is 3. The highest BCUT2D eigenvalue weighted by atomic mass is 16.4. The van der Waals surface area contributed by atoms with Gasteiger partial charge in [0.1, 0.15) is 6.54 Å². The van der Waals surface area contributed by atoms with Gasteiger partial charge in [0.2, 0.25) is 0 Å².